The lowest BCUT2D eigenvalue weighted by atomic mass is 9.94. The summed E-state index contributed by atoms with van der Waals surface area (Å²) in [6, 6.07) is 0.132. The van der Waals surface area contributed by atoms with Gasteiger partial charge in [-0.1, -0.05) is 0 Å². The number of carbonyl (C=O) groups excluding carboxylic acids is 1. The molecule has 0 radical (unpaired) electrons. The Bertz CT molecular complexity index is 485. The van der Waals surface area contributed by atoms with Gasteiger partial charge >= 0.3 is 0 Å². The number of nitrogens with zero attached hydrogens (tertiary/aromatic N) is 3. The van der Waals surface area contributed by atoms with Crippen LogP contribution in [0.25, 0.3) is 0 Å². The number of likely N-dealkylation sites (tertiary alicyclic amines) is 1. The molecule has 0 bridgehead atoms. The molecule has 2 rings (SSSR count). The third-order valence-corrected chi connectivity index (χ3v) is 4.14. The second-order valence-electron chi connectivity index (χ2n) is 6.18. The monoisotopic (exact) mass is 279 g/mol. The molecule has 0 unspecified atom stereocenters. The number of hydrogen-bond donors (Lipinski definition) is 0. The number of rotatable bonds is 5. The van der Waals surface area contributed by atoms with Gasteiger partial charge in [-0.25, -0.2) is 0 Å². The van der Waals surface area contributed by atoms with Gasteiger partial charge in [-0.3, -0.25) is 14.4 Å². The van der Waals surface area contributed by atoms with Crippen molar-refractivity contribution in [1.82, 2.24) is 14.7 Å². The van der Waals surface area contributed by atoms with E-state index in [1.807, 2.05) is 27.7 Å². The van der Waals surface area contributed by atoms with Crippen LogP contribution in [0.2, 0.25) is 0 Å². The lowest BCUT2D eigenvalue weighted by molar-refractivity contribution is 0.0685. The van der Waals surface area contributed by atoms with Crippen LogP contribution in [-0.2, 0) is 0 Å². The molecule has 1 fully saturated rings. The van der Waals surface area contributed by atoms with E-state index in [1.165, 1.54) is 0 Å². The summed E-state index contributed by atoms with van der Waals surface area (Å²) in [6.07, 6.45) is 3.96. The predicted octanol–water partition coefficient (Wildman–Crippen LogP) is 2.53. The molecule has 1 aromatic rings. The Morgan fingerprint density at radius 1 is 1.35 bits per heavy atom. The van der Waals surface area contributed by atoms with Crippen LogP contribution in [0.15, 0.2) is 6.20 Å². The first kappa shape index (κ1) is 15.0. The van der Waals surface area contributed by atoms with Crippen molar-refractivity contribution in [2.75, 3.05) is 20.2 Å². The summed E-state index contributed by atoms with van der Waals surface area (Å²) in [7, 11) is 1.58. The first-order valence-corrected chi connectivity index (χ1v) is 7.31. The van der Waals surface area contributed by atoms with Crippen molar-refractivity contribution in [3.05, 3.63) is 11.9 Å². The van der Waals surface area contributed by atoms with Gasteiger partial charge in [0, 0.05) is 6.04 Å². The molecule has 20 heavy (non-hydrogen) atoms. The lowest BCUT2D eigenvalue weighted by Gasteiger charge is -2.34. The van der Waals surface area contributed by atoms with Gasteiger partial charge in [0.25, 0.3) is 0 Å². The van der Waals surface area contributed by atoms with Crippen molar-refractivity contribution >= 4 is 5.78 Å². The molecule has 1 aliphatic rings. The molecule has 1 aliphatic heterocycles. The van der Waals surface area contributed by atoms with Crippen molar-refractivity contribution in [3.63, 3.8) is 0 Å². The quantitative estimate of drug-likeness (QED) is 0.777. The van der Waals surface area contributed by atoms with Crippen LogP contribution in [0.5, 0.6) is 5.75 Å². The molecule has 0 aromatic carbocycles. The van der Waals surface area contributed by atoms with Crippen LogP contribution in [0.4, 0.5) is 0 Å². The Balaban J connectivity index is 2.39. The Labute approximate surface area is 120 Å². The summed E-state index contributed by atoms with van der Waals surface area (Å²) in [5.41, 5.74) is 0.0654. The fourth-order valence-corrected chi connectivity index (χ4v) is 2.81. The van der Waals surface area contributed by atoms with Gasteiger partial charge < -0.3 is 4.74 Å². The fraction of sp³-hybridized carbons (Fsp3) is 0.733. The molecule has 0 spiro atoms. The van der Waals surface area contributed by atoms with Crippen LogP contribution in [-0.4, -0.2) is 46.2 Å². The van der Waals surface area contributed by atoms with Gasteiger partial charge in [0.2, 0.25) is 5.78 Å². The van der Waals surface area contributed by atoms with E-state index in [2.05, 4.69) is 10.00 Å². The van der Waals surface area contributed by atoms with Crippen LogP contribution in [0.1, 0.15) is 57.1 Å². The molecular weight excluding hydrogens is 254 g/mol. The van der Waals surface area contributed by atoms with Crippen LogP contribution < -0.4 is 4.74 Å². The number of methoxy groups -OCH3 is 1. The predicted molar refractivity (Wildman–Crippen MR) is 78.4 cm³/mol. The Morgan fingerprint density at radius 2 is 1.95 bits per heavy atom. The van der Waals surface area contributed by atoms with E-state index in [0.717, 1.165) is 25.9 Å². The lowest BCUT2D eigenvalue weighted by Crippen LogP contribution is -2.49. The zero-order valence-corrected chi connectivity index (χ0v) is 13.1. The number of Topliss-reactive ketones (excluding diaryl/α,β-unsaturated/α-hetero) is 1. The van der Waals surface area contributed by atoms with E-state index in [9.17, 15) is 4.79 Å². The minimum atomic E-state index is -0.517. The van der Waals surface area contributed by atoms with Crippen LogP contribution in [0, 0.1) is 0 Å². The van der Waals surface area contributed by atoms with Crippen molar-refractivity contribution in [3.8, 4) is 5.75 Å². The van der Waals surface area contributed by atoms with Gasteiger partial charge in [0.1, 0.15) is 5.69 Å². The molecule has 0 amide bonds. The zero-order chi connectivity index (χ0) is 14.9. The van der Waals surface area contributed by atoms with Crippen molar-refractivity contribution < 1.29 is 9.53 Å². The first-order chi connectivity index (χ1) is 9.39. The fourth-order valence-electron chi connectivity index (χ4n) is 2.81. The van der Waals surface area contributed by atoms with Crippen LogP contribution >= 0.6 is 0 Å². The Hall–Kier alpha value is -1.36. The summed E-state index contributed by atoms with van der Waals surface area (Å²) in [6.45, 7) is 10.0. The summed E-state index contributed by atoms with van der Waals surface area (Å²) in [4.78, 5) is 15.3. The molecule has 112 valence electrons. The van der Waals surface area contributed by atoms with Crippen molar-refractivity contribution in [2.45, 2.75) is 52.1 Å². The van der Waals surface area contributed by atoms with E-state index in [0.29, 0.717) is 11.4 Å². The molecular formula is C15H25N3O2. The highest BCUT2D eigenvalue weighted by Crippen LogP contribution is 2.30. The average molecular weight is 279 g/mol. The molecule has 5 heteroatoms. The molecule has 0 N–H and O–H groups in total. The van der Waals surface area contributed by atoms with E-state index in [-0.39, 0.29) is 11.8 Å². The number of aromatic nitrogens is 2. The number of ketones is 1. The molecule has 0 atom stereocenters. The Kier molecular flexibility index (Phi) is 4.18. The zero-order valence-electron chi connectivity index (χ0n) is 13.1. The second kappa shape index (κ2) is 5.56. The summed E-state index contributed by atoms with van der Waals surface area (Å²) >= 11 is 0. The maximum atomic E-state index is 13.0. The molecule has 5 nitrogen and oxygen atoms in total. The molecule has 0 saturated carbocycles. The Morgan fingerprint density at radius 3 is 2.45 bits per heavy atom. The summed E-state index contributed by atoms with van der Waals surface area (Å²) in [5, 5.41) is 4.30. The third-order valence-electron chi connectivity index (χ3n) is 4.14. The van der Waals surface area contributed by atoms with Crippen molar-refractivity contribution in [2.24, 2.45) is 0 Å². The number of carbonyl (C=O) groups is 1. The SMILES string of the molecule is COc1cnn(C(C)C)c1C(=O)C(C)(C)N1CCCC1. The van der Waals surface area contributed by atoms with E-state index in [1.54, 1.807) is 18.0 Å². The van der Waals surface area contributed by atoms with E-state index >= 15 is 0 Å². The van der Waals surface area contributed by atoms with Gasteiger partial charge in [0.05, 0.1) is 18.8 Å². The highest BCUT2D eigenvalue weighted by Gasteiger charge is 2.39. The van der Waals surface area contributed by atoms with Gasteiger partial charge in [0.15, 0.2) is 5.75 Å². The minimum absolute atomic E-state index is 0.0856. The maximum absolute atomic E-state index is 13.0. The highest BCUT2D eigenvalue weighted by molar-refractivity contribution is 6.03. The summed E-state index contributed by atoms with van der Waals surface area (Å²) < 4.78 is 7.10. The maximum Gasteiger partial charge on any atom is 0.204 e. The van der Waals surface area contributed by atoms with Gasteiger partial charge in [-0.15, -0.1) is 0 Å². The molecule has 1 aromatic heterocycles. The molecule has 1 saturated heterocycles. The first-order valence-electron chi connectivity index (χ1n) is 7.31. The van der Waals surface area contributed by atoms with E-state index in [4.69, 9.17) is 4.74 Å². The van der Waals surface area contributed by atoms with E-state index < -0.39 is 5.54 Å². The van der Waals surface area contributed by atoms with Crippen LogP contribution in [0.3, 0.4) is 0 Å². The number of hydrogen-bond acceptors (Lipinski definition) is 4. The standard InChI is InChI=1S/C15H25N3O2/c1-11(2)18-13(12(20-5)10-16-18)14(19)15(3,4)17-8-6-7-9-17/h10-11H,6-9H2,1-5H3. The van der Waals surface area contributed by atoms with Crippen molar-refractivity contribution in [1.29, 1.82) is 0 Å². The smallest absolute Gasteiger partial charge is 0.204 e. The normalized spacial score (nSPS) is 16.9. The third kappa shape index (κ3) is 2.46. The number of ether oxygens (including phenoxy) is 1. The largest absolute Gasteiger partial charge is 0.493 e. The summed E-state index contributed by atoms with van der Waals surface area (Å²) in [5.74, 6) is 0.651. The highest BCUT2D eigenvalue weighted by atomic mass is 16.5. The van der Waals surface area contributed by atoms with Gasteiger partial charge in [-0.05, 0) is 53.6 Å². The minimum Gasteiger partial charge on any atom is -0.493 e. The van der Waals surface area contributed by atoms with Gasteiger partial charge in [-0.2, -0.15) is 5.10 Å². The second-order valence-corrected chi connectivity index (χ2v) is 6.18. The topological polar surface area (TPSA) is 47.4 Å². The average Bonchev–Trinajstić information content (AvgIpc) is 3.06. The molecule has 0 aliphatic carbocycles. The molecule has 2 heterocycles.